The SMILES string of the molecule is CC/C=C\C/C=C\C/C=C\C/C=C\C/C=C\C/C=C\C/C=C\CCCCCCCCCCCCCCCCCCCCCC(=O)OC(COC(=O)CCCCCCCCCCCCCCCCCCCCCCCCCCCCCCCCCCCCCCCCCCC)COP(=O)(O)OCC[N+](C)(C)C. The normalized spacial score (nSPS) is 13.3. The first-order valence-electron chi connectivity index (χ1n) is 46.3. The fraction of sp³-hybridized carbons (Fsp3) is 0.833. The summed E-state index contributed by atoms with van der Waals surface area (Å²) in [6.07, 6.45) is 121. The zero-order valence-corrected chi connectivity index (χ0v) is 72.1. The molecule has 2 atom stereocenters. The van der Waals surface area contributed by atoms with Gasteiger partial charge in [-0.1, -0.05) is 465 Å². The molecule has 0 bridgehead atoms. The molecule has 106 heavy (non-hydrogen) atoms. The first-order chi connectivity index (χ1) is 52.0. The standard InChI is InChI=1S/C96H178NO8P/c1-6-8-10-12-14-16-18-20-22-24-26-28-30-32-34-36-38-40-42-44-46-48-50-52-54-56-58-60-62-64-66-68-70-72-74-76-78-80-82-84-86-88-95(98)102-92-94(93-104-106(100,101)103-91-90-97(3,4)5)105-96(99)89-87-85-83-81-79-77-75-73-71-69-67-65-63-61-59-57-55-53-51-49-47-45-43-41-39-37-35-33-31-29-27-25-23-21-19-17-15-13-11-9-7-2/h9,11,15,17,21,23,27,29,33,35,39,41,45,47,94H,6-8,10,12-14,16,18-20,22,24-26,28,30-32,34,36-38,40,42-44,46,48-93H2,1-5H3/p+1/b11-9-,17-15-,23-21-,29-27-,35-33-,41-39-,47-45-. The molecule has 9 nitrogen and oxygen atoms in total. The Morgan fingerprint density at radius 1 is 0.302 bits per heavy atom. The molecular formula is C96H179NO8P+. The monoisotopic (exact) mass is 1510 g/mol. The molecule has 2 unspecified atom stereocenters. The molecule has 0 saturated heterocycles. The Kier molecular flexibility index (Phi) is 83.9. The predicted molar refractivity (Wildman–Crippen MR) is 464 cm³/mol. The van der Waals surface area contributed by atoms with Gasteiger partial charge in [-0.25, -0.2) is 4.57 Å². The molecule has 620 valence electrons. The van der Waals surface area contributed by atoms with E-state index in [1.165, 1.54) is 353 Å². The number of carbonyl (C=O) groups excluding carboxylic acids is 2. The van der Waals surface area contributed by atoms with Gasteiger partial charge in [-0.2, -0.15) is 0 Å². The molecule has 1 N–H and O–H groups in total. The van der Waals surface area contributed by atoms with Gasteiger partial charge >= 0.3 is 19.8 Å². The van der Waals surface area contributed by atoms with Crippen LogP contribution in [-0.2, 0) is 32.7 Å². The highest BCUT2D eigenvalue weighted by molar-refractivity contribution is 7.47. The number of likely N-dealkylation sites (N-methyl/N-ethyl adjacent to an activating group) is 1. The molecule has 0 radical (unpaired) electrons. The van der Waals surface area contributed by atoms with Crippen molar-refractivity contribution in [2.75, 3.05) is 47.5 Å². The van der Waals surface area contributed by atoms with Gasteiger partial charge in [0.25, 0.3) is 0 Å². The zero-order valence-electron chi connectivity index (χ0n) is 71.2. The number of phosphoric acid groups is 1. The molecule has 0 aliphatic carbocycles. The van der Waals surface area contributed by atoms with Crippen molar-refractivity contribution >= 4 is 19.8 Å². The molecule has 0 aromatic heterocycles. The third-order valence-electron chi connectivity index (χ3n) is 20.9. The van der Waals surface area contributed by atoms with Crippen molar-refractivity contribution < 1.29 is 42.1 Å². The van der Waals surface area contributed by atoms with Crippen LogP contribution in [0.2, 0.25) is 0 Å². The third-order valence-corrected chi connectivity index (χ3v) is 21.9. The lowest BCUT2D eigenvalue weighted by Crippen LogP contribution is -2.37. The molecule has 0 heterocycles. The number of esters is 2. The lowest BCUT2D eigenvalue weighted by Gasteiger charge is -2.24. The lowest BCUT2D eigenvalue weighted by atomic mass is 10.0. The largest absolute Gasteiger partial charge is 0.472 e. The molecule has 0 saturated carbocycles. The lowest BCUT2D eigenvalue weighted by molar-refractivity contribution is -0.870. The Morgan fingerprint density at radius 2 is 0.538 bits per heavy atom. The highest BCUT2D eigenvalue weighted by atomic mass is 31.2. The summed E-state index contributed by atoms with van der Waals surface area (Å²) in [7, 11) is 1.50. The fourth-order valence-electron chi connectivity index (χ4n) is 13.9. The highest BCUT2D eigenvalue weighted by Gasteiger charge is 2.27. The summed E-state index contributed by atoms with van der Waals surface area (Å²) in [6, 6.07) is 0. The number of rotatable bonds is 87. The number of nitrogens with zero attached hydrogens (tertiary/aromatic N) is 1. The fourth-order valence-corrected chi connectivity index (χ4v) is 14.7. The van der Waals surface area contributed by atoms with Gasteiger partial charge in [0, 0.05) is 12.8 Å². The van der Waals surface area contributed by atoms with Crippen LogP contribution in [0.15, 0.2) is 85.1 Å². The van der Waals surface area contributed by atoms with E-state index in [0.717, 1.165) is 77.0 Å². The van der Waals surface area contributed by atoms with E-state index in [1.807, 2.05) is 21.1 Å². The third kappa shape index (κ3) is 90.1. The minimum absolute atomic E-state index is 0.0332. The van der Waals surface area contributed by atoms with Gasteiger partial charge in [0.15, 0.2) is 6.10 Å². The van der Waals surface area contributed by atoms with Crippen molar-refractivity contribution in [2.45, 2.75) is 469 Å². The minimum Gasteiger partial charge on any atom is -0.462 e. The summed E-state index contributed by atoms with van der Waals surface area (Å²) in [4.78, 5) is 36.1. The summed E-state index contributed by atoms with van der Waals surface area (Å²) in [5.41, 5.74) is 0. The Hall–Kier alpha value is -2.81. The summed E-state index contributed by atoms with van der Waals surface area (Å²) < 4.78 is 34.9. The Balaban J connectivity index is 3.85. The first kappa shape index (κ1) is 103. The van der Waals surface area contributed by atoms with Crippen LogP contribution in [0.3, 0.4) is 0 Å². The van der Waals surface area contributed by atoms with E-state index in [9.17, 15) is 19.0 Å². The van der Waals surface area contributed by atoms with Crippen molar-refractivity contribution in [3.63, 3.8) is 0 Å². The molecule has 0 aliphatic heterocycles. The van der Waals surface area contributed by atoms with E-state index in [1.54, 1.807) is 0 Å². The van der Waals surface area contributed by atoms with Gasteiger partial charge in [0.1, 0.15) is 19.8 Å². The predicted octanol–water partition coefficient (Wildman–Crippen LogP) is 31.5. The molecule has 0 spiro atoms. The van der Waals surface area contributed by atoms with Crippen LogP contribution < -0.4 is 0 Å². The van der Waals surface area contributed by atoms with Gasteiger partial charge in [-0.05, 0) is 70.6 Å². The highest BCUT2D eigenvalue weighted by Crippen LogP contribution is 2.43. The van der Waals surface area contributed by atoms with Crippen LogP contribution in [-0.4, -0.2) is 74.9 Å². The van der Waals surface area contributed by atoms with Gasteiger partial charge < -0.3 is 18.9 Å². The number of hydrogen-bond donors (Lipinski definition) is 1. The van der Waals surface area contributed by atoms with Crippen molar-refractivity contribution in [3.8, 4) is 0 Å². The number of phosphoric ester groups is 1. The van der Waals surface area contributed by atoms with Gasteiger partial charge in [-0.3, -0.25) is 18.6 Å². The molecular weight excluding hydrogens is 1330 g/mol. The second-order valence-electron chi connectivity index (χ2n) is 32.7. The number of hydrogen-bond acceptors (Lipinski definition) is 7. The second-order valence-corrected chi connectivity index (χ2v) is 34.1. The summed E-state index contributed by atoms with van der Waals surface area (Å²) in [6.45, 7) is 4.40. The number of allylic oxidation sites excluding steroid dienone is 14. The van der Waals surface area contributed by atoms with E-state index in [-0.39, 0.29) is 25.6 Å². The van der Waals surface area contributed by atoms with E-state index >= 15 is 0 Å². The summed E-state index contributed by atoms with van der Waals surface area (Å²) in [5, 5.41) is 0. The van der Waals surface area contributed by atoms with Crippen molar-refractivity contribution in [2.24, 2.45) is 0 Å². The van der Waals surface area contributed by atoms with E-state index in [0.29, 0.717) is 23.9 Å². The molecule has 10 heteroatoms. The van der Waals surface area contributed by atoms with Crippen molar-refractivity contribution in [3.05, 3.63) is 85.1 Å². The van der Waals surface area contributed by atoms with Crippen LogP contribution in [0.5, 0.6) is 0 Å². The van der Waals surface area contributed by atoms with Gasteiger partial charge in [0.2, 0.25) is 0 Å². The van der Waals surface area contributed by atoms with Crippen LogP contribution in [0.25, 0.3) is 0 Å². The first-order valence-corrected chi connectivity index (χ1v) is 47.8. The number of ether oxygens (including phenoxy) is 2. The van der Waals surface area contributed by atoms with Crippen molar-refractivity contribution in [1.82, 2.24) is 0 Å². The Labute approximate surface area is 660 Å². The van der Waals surface area contributed by atoms with Gasteiger partial charge in [-0.15, -0.1) is 0 Å². The smallest absolute Gasteiger partial charge is 0.462 e. The molecule has 0 fully saturated rings. The van der Waals surface area contributed by atoms with Crippen LogP contribution in [0.4, 0.5) is 0 Å². The van der Waals surface area contributed by atoms with Crippen molar-refractivity contribution in [1.29, 1.82) is 0 Å². The maximum atomic E-state index is 13.0. The van der Waals surface area contributed by atoms with Crippen LogP contribution in [0, 0.1) is 0 Å². The Morgan fingerprint density at radius 3 is 0.802 bits per heavy atom. The Bertz CT molecular complexity index is 2070. The number of quaternary nitrogens is 1. The van der Waals surface area contributed by atoms with E-state index in [2.05, 4.69) is 98.9 Å². The molecule has 0 aromatic rings. The summed E-state index contributed by atoms with van der Waals surface area (Å²) >= 11 is 0. The average Bonchev–Trinajstić information content (AvgIpc) is 0.908. The number of unbranched alkanes of at least 4 members (excludes halogenated alkanes) is 59. The quantitative estimate of drug-likeness (QED) is 0.0211. The molecule has 0 aliphatic rings. The zero-order chi connectivity index (χ0) is 76.8. The second kappa shape index (κ2) is 86.2. The maximum absolute atomic E-state index is 13.0. The van der Waals surface area contributed by atoms with Crippen LogP contribution >= 0.6 is 7.82 Å². The minimum atomic E-state index is -4.40. The van der Waals surface area contributed by atoms with E-state index in [4.69, 9.17) is 18.5 Å². The molecule has 0 aromatic carbocycles. The molecule has 0 rings (SSSR count). The number of carbonyl (C=O) groups is 2. The van der Waals surface area contributed by atoms with Gasteiger partial charge in [0.05, 0.1) is 27.7 Å². The average molecular weight is 1510 g/mol. The summed E-state index contributed by atoms with van der Waals surface area (Å²) in [5.74, 6) is -0.773. The van der Waals surface area contributed by atoms with Crippen LogP contribution in [0.1, 0.15) is 463 Å². The van der Waals surface area contributed by atoms with E-state index < -0.39 is 26.5 Å². The topological polar surface area (TPSA) is 108 Å². The maximum Gasteiger partial charge on any atom is 0.472 e. The molecule has 0 amide bonds.